The first kappa shape index (κ1) is 18.3. The van der Waals surface area contributed by atoms with Gasteiger partial charge in [-0.2, -0.15) is 0 Å². The summed E-state index contributed by atoms with van der Waals surface area (Å²) in [5, 5.41) is 3.18. The van der Waals surface area contributed by atoms with Gasteiger partial charge < -0.3 is 9.30 Å². The first-order chi connectivity index (χ1) is 13.8. The summed E-state index contributed by atoms with van der Waals surface area (Å²) in [5.41, 5.74) is 3.97. The lowest BCUT2D eigenvalue weighted by molar-refractivity contribution is 0.112. The number of carbonyl (C=O) groups excluding carboxylic acids is 1. The van der Waals surface area contributed by atoms with Gasteiger partial charge in [-0.25, -0.2) is 0 Å². The smallest absolute Gasteiger partial charge is 0.152 e. The zero-order chi connectivity index (χ0) is 19.5. The van der Waals surface area contributed by atoms with E-state index in [4.69, 9.17) is 4.74 Å². The van der Waals surface area contributed by atoms with Crippen molar-refractivity contribution in [1.29, 1.82) is 0 Å². The van der Waals surface area contributed by atoms with Crippen molar-refractivity contribution in [2.45, 2.75) is 32.7 Å². The molecule has 4 aromatic rings. The number of methoxy groups -OCH3 is 1. The highest BCUT2D eigenvalue weighted by Crippen LogP contribution is 2.39. The predicted octanol–water partition coefficient (Wildman–Crippen LogP) is 6.47. The number of nitrogens with zero attached hydrogens (tertiary/aromatic N) is 1. The van der Waals surface area contributed by atoms with Crippen molar-refractivity contribution >= 4 is 28.0 Å². The molecule has 0 aliphatic rings. The van der Waals surface area contributed by atoms with Gasteiger partial charge in [0.1, 0.15) is 5.75 Å². The fourth-order valence-corrected chi connectivity index (χ4v) is 4.15. The maximum atomic E-state index is 12.2. The van der Waals surface area contributed by atoms with Gasteiger partial charge in [-0.1, -0.05) is 62.2 Å². The Labute approximate surface area is 165 Å². The average molecular weight is 371 g/mol. The molecule has 0 atom stereocenters. The van der Waals surface area contributed by atoms with Gasteiger partial charge >= 0.3 is 0 Å². The Hall–Kier alpha value is -3.07. The van der Waals surface area contributed by atoms with Gasteiger partial charge in [0.05, 0.1) is 12.8 Å². The van der Waals surface area contributed by atoms with Crippen LogP contribution in [0.5, 0.6) is 5.75 Å². The molecule has 0 saturated carbocycles. The molecular weight excluding hydrogens is 346 g/mol. The summed E-state index contributed by atoms with van der Waals surface area (Å²) < 4.78 is 7.89. The van der Waals surface area contributed by atoms with Crippen LogP contribution < -0.4 is 4.74 Å². The molecule has 4 rings (SSSR count). The van der Waals surface area contributed by atoms with Crippen LogP contribution in [-0.4, -0.2) is 18.0 Å². The fourth-order valence-electron chi connectivity index (χ4n) is 4.15. The molecule has 0 aliphatic heterocycles. The van der Waals surface area contributed by atoms with Crippen LogP contribution in [0.1, 0.15) is 36.5 Å². The topological polar surface area (TPSA) is 31.2 Å². The van der Waals surface area contributed by atoms with E-state index in [2.05, 4.69) is 35.8 Å². The lowest BCUT2D eigenvalue weighted by Crippen LogP contribution is -2.02. The van der Waals surface area contributed by atoms with E-state index in [9.17, 15) is 4.79 Å². The predicted molar refractivity (Wildman–Crippen MR) is 116 cm³/mol. The molecular formula is C25H25NO2. The van der Waals surface area contributed by atoms with Crippen LogP contribution in [0.2, 0.25) is 0 Å². The van der Waals surface area contributed by atoms with Gasteiger partial charge in [0, 0.05) is 34.0 Å². The summed E-state index contributed by atoms with van der Waals surface area (Å²) in [6.45, 7) is 3.11. The second-order valence-electron chi connectivity index (χ2n) is 7.12. The standard InChI is InChI=1S/C25H25NO2/c1-3-4-9-16-26-23-13-8-7-11-19(23)22(17-27)25(26)21-14-15-24(28-2)20-12-6-5-10-18(20)21/h5-8,10-15,17H,3-4,9,16H2,1-2H3. The summed E-state index contributed by atoms with van der Waals surface area (Å²) in [7, 11) is 1.69. The van der Waals surface area contributed by atoms with Crippen LogP contribution in [0, 0.1) is 0 Å². The summed E-state index contributed by atoms with van der Waals surface area (Å²) in [4.78, 5) is 12.2. The van der Waals surface area contributed by atoms with E-state index in [0.29, 0.717) is 0 Å². The Morgan fingerprint density at radius 1 is 0.893 bits per heavy atom. The SMILES string of the molecule is CCCCCn1c(-c2ccc(OC)c3ccccc23)c(C=O)c2ccccc21. The number of fused-ring (bicyclic) bond motifs is 2. The Balaban J connectivity index is 2.04. The molecule has 3 aromatic carbocycles. The zero-order valence-electron chi connectivity index (χ0n) is 16.4. The minimum Gasteiger partial charge on any atom is -0.496 e. The molecule has 1 heterocycles. The maximum absolute atomic E-state index is 12.2. The number of aromatic nitrogens is 1. The molecule has 0 bridgehead atoms. The van der Waals surface area contributed by atoms with Crippen molar-refractivity contribution in [3.8, 4) is 17.0 Å². The number of ether oxygens (including phenoxy) is 1. The highest BCUT2D eigenvalue weighted by molar-refractivity contribution is 6.09. The first-order valence-corrected chi connectivity index (χ1v) is 9.92. The number of rotatable bonds is 7. The van der Waals surface area contributed by atoms with Gasteiger partial charge in [0.2, 0.25) is 0 Å². The first-order valence-electron chi connectivity index (χ1n) is 9.92. The molecule has 142 valence electrons. The third-order valence-electron chi connectivity index (χ3n) is 5.47. The summed E-state index contributed by atoms with van der Waals surface area (Å²) in [6, 6.07) is 20.5. The second-order valence-corrected chi connectivity index (χ2v) is 7.12. The molecule has 0 unspecified atom stereocenters. The van der Waals surface area contributed by atoms with Gasteiger partial charge in [0.25, 0.3) is 0 Å². The fraction of sp³-hybridized carbons (Fsp3) is 0.240. The van der Waals surface area contributed by atoms with E-state index in [0.717, 1.165) is 63.5 Å². The van der Waals surface area contributed by atoms with Crippen LogP contribution in [0.3, 0.4) is 0 Å². The van der Waals surface area contributed by atoms with E-state index < -0.39 is 0 Å². The van der Waals surface area contributed by atoms with Gasteiger partial charge in [0.15, 0.2) is 6.29 Å². The largest absolute Gasteiger partial charge is 0.496 e. The number of hydrogen-bond acceptors (Lipinski definition) is 2. The van der Waals surface area contributed by atoms with Gasteiger partial charge in [-0.3, -0.25) is 4.79 Å². The number of para-hydroxylation sites is 1. The van der Waals surface area contributed by atoms with Crippen molar-refractivity contribution in [2.24, 2.45) is 0 Å². The molecule has 0 fully saturated rings. The molecule has 3 nitrogen and oxygen atoms in total. The molecule has 28 heavy (non-hydrogen) atoms. The maximum Gasteiger partial charge on any atom is 0.152 e. The van der Waals surface area contributed by atoms with Crippen LogP contribution >= 0.6 is 0 Å². The molecule has 3 heteroatoms. The number of hydrogen-bond donors (Lipinski definition) is 0. The van der Waals surface area contributed by atoms with Gasteiger partial charge in [-0.05, 0) is 30.0 Å². The third kappa shape index (κ3) is 2.97. The lowest BCUT2D eigenvalue weighted by atomic mass is 9.98. The van der Waals surface area contributed by atoms with Crippen molar-refractivity contribution in [2.75, 3.05) is 7.11 Å². The van der Waals surface area contributed by atoms with Gasteiger partial charge in [-0.15, -0.1) is 0 Å². The summed E-state index contributed by atoms with van der Waals surface area (Å²) in [6.07, 6.45) is 4.44. The molecule has 0 N–H and O–H groups in total. The number of benzene rings is 3. The number of aldehydes is 1. The highest BCUT2D eigenvalue weighted by atomic mass is 16.5. The molecule has 1 aromatic heterocycles. The number of unbranched alkanes of at least 4 members (excludes halogenated alkanes) is 2. The number of carbonyl (C=O) groups is 1. The van der Waals surface area contributed by atoms with Crippen molar-refractivity contribution in [3.63, 3.8) is 0 Å². The summed E-state index contributed by atoms with van der Waals surface area (Å²) >= 11 is 0. The van der Waals surface area contributed by atoms with Crippen LogP contribution in [0.25, 0.3) is 32.9 Å². The molecule has 0 saturated heterocycles. The van der Waals surface area contributed by atoms with E-state index in [-0.39, 0.29) is 0 Å². The van der Waals surface area contributed by atoms with E-state index in [1.165, 1.54) is 12.8 Å². The Kier molecular flexibility index (Phi) is 5.16. The normalized spacial score (nSPS) is 11.2. The van der Waals surface area contributed by atoms with Crippen molar-refractivity contribution in [1.82, 2.24) is 4.57 Å². The lowest BCUT2D eigenvalue weighted by Gasteiger charge is -2.15. The quantitative estimate of drug-likeness (QED) is 0.275. The Morgan fingerprint density at radius 3 is 2.32 bits per heavy atom. The second kappa shape index (κ2) is 7.89. The van der Waals surface area contributed by atoms with E-state index >= 15 is 0 Å². The minimum atomic E-state index is 0.766. The van der Waals surface area contributed by atoms with E-state index in [1.54, 1.807) is 7.11 Å². The third-order valence-corrected chi connectivity index (χ3v) is 5.47. The zero-order valence-corrected chi connectivity index (χ0v) is 16.4. The molecule has 0 amide bonds. The minimum absolute atomic E-state index is 0.766. The monoisotopic (exact) mass is 371 g/mol. The van der Waals surface area contributed by atoms with Crippen LogP contribution in [0.4, 0.5) is 0 Å². The Morgan fingerprint density at radius 2 is 1.61 bits per heavy atom. The van der Waals surface area contributed by atoms with Crippen molar-refractivity contribution in [3.05, 3.63) is 66.2 Å². The summed E-state index contributed by atoms with van der Waals surface area (Å²) in [5.74, 6) is 0.848. The molecule has 0 spiro atoms. The highest BCUT2D eigenvalue weighted by Gasteiger charge is 2.20. The Bertz CT molecular complexity index is 1140. The van der Waals surface area contributed by atoms with Crippen LogP contribution in [0.15, 0.2) is 60.7 Å². The molecule has 0 aliphatic carbocycles. The molecule has 0 radical (unpaired) electrons. The van der Waals surface area contributed by atoms with E-state index in [1.807, 2.05) is 36.4 Å². The van der Waals surface area contributed by atoms with Crippen LogP contribution in [-0.2, 0) is 6.54 Å². The average Bonchev–Trinajstić information content (AvgIpc) is 3.06. The van der Waals surface area contributed by atoms with Crippen molar-refractivity contribution < 1.29 is 9.53 Å². The number of aryl methyl sites for hydroxylation is 1.